The van der Waals surface area contributed by atoms with Crippen LogP contribution in [0.25, 0.3) is 0 Å². The van der Waals surface area contributed by atoms with Crippen molar-refractivity contribution in [2.45, 2.75) is 13.0 Å². The van der Waals surface area contributed by atoms with Crippen LogP contribution >= 0.6 is 11.6 Å². The van der Waals surface area contributed by atoms with Gasteiger partial charge in [-0.2, -0.15) is 5.10 Å². The van der Waals surface area contributed by atoms with Crippen molar-refractivity contribution < 1.29 is 4.79 Å². The Balaban J connectivity index is 1.61. The first-order valence-corrected chi connectivity index (χ1v) is 8.40. The lowest BCUT2D eigenvalue weighted by Gasteiger charge is -2.04. The lowest BCUT2D eigenvalue weighted by Crippen LogP contribution is -2.26. The van der Waals surface area contributed by atoms with Crippen molar-refractivity contribution in [1.29, 1.82) is 0 Å². The third-order valence-corrected chi connectivity index (χ3v) is 4.24. The van der Waals surface area contributed by atoms with Gasteiger partial charge in [0.15, 0.2) is 5.82 Å². The second-order valence-electron chi connectivity index (χ2n) is 5.71. The molecule has 1 heterocycles. The van der Waals surface area contributed by atoms with Gasteiger partial charge < -0.3 is 11.1 Å². The number of anilines is 1. The molecule has 0 unspecified atom stereocenters. The average molecular weight is 355 g/mol. The van der Waals surface area contributed by atoms with E-state index in [9.17, 15) is 4.79 Å². The summed E-state index contributed by atoms with van der Waals surface area (Å²) < 4.78 is 1.63. The average Bonchev–Trinajstić information content (AvgIpc) is 2.98. The number of hydrogen-bond donors (Lipinski definition) is 2. The lowest BCUT2D eigenvalue weighted by atomic mass is 10.1. The quantitative estimate of drug-likeness (QED) is 0.714. The number of nitrogens with one attached hydrogen (secondary N) is 1. The first kappa shape index (κ1) is 17.0. The van der Waals surface area contributed by atoms with Crippen molar-refractivity contribution in [1.82, 2.24) is 15.1 Å². The van der Waals surface area contributed by atoms with Crippen molar-refractivity contribution in [2.75, 3.05) is 12.3 Å². The third kappa shape index (κ3) is 4.39. The van der Waals surface area contributed by atoms with Crippen molar-refractivity contribution in [3.63, 3.8) is 0 Å². The summed E-state index contributed by atoms with van der Waals surface area (Å²) >= 11 is 6.16. The fraction of sp³-hybridized carbons (Fsp3) is 0.158. The first-order valence-electron chi connectivity index (χ1n) is 8.02. The zero-order valence-electron chi connectivity index (χ0n) is 13.7. The number of rotatable bonds is 6. The second-order valence-corrected chi connectivity index (χ2v) is 6.12. The minimum atomic E-state index is -0.223. The molecule has 1 amide bonds. The SMILES string of the molecule is Nc1nn(Cc2ccccc2Cl)cc1C(=O)NCCc1ccccc1. The zero-order chi connectivity index (χ0) is 17.6. The molecule has 0 fully saturated rings. The van der Waals surface area contributed by atoms with E-state index in [-0.39, 0.29) is 11.7 Å². The molecular formula is C19H19ClN4O. The van der Waals surface area contributed by atoms with Gasteiger partial charge in [0, 0.05) is 17.8 Å². The van der Waals surface area contributed by atoms with Crippen LogP contribution < -0.4 is 11.1 Å². The monoisotopic (exact) mass is 354 g/mol. The van der Waals surface area contributed by atoms with Gasteiger partial charge in [-0.05, 0) is 23.6 Å². The van der Waals surface area contributed by atoms with Gasteiger partial charge in [0.05, 0.1) is 6.54 Å². The molecular weight excluding hydrogens is 336 g/mol. The molecule has 0 aliphatic heterocycles. The number of carbonyl (C=O) groups excluding carboxylic acids is 1. The van der Waals surface area contributed by atoms with E-state index >= 15 is 0 Å². The summed E-state index contributed by atoms with van der Waals surface area (Å²) in [5.74, 6) is -0.0110. The van der Waals surface area contributed by atoms with Crippen LogP contribution in [0.2, 0.25) is 5.02 Å². The normalized spacial score (nSPS) is 10.6. The highest BCUT2D eigenvalue weighted by Gasteiger charge is 2.14. The van der Waals surface area contributed by atoms with Crippen molar-refractivity contribution >= 4 is 23.3 Å². The summed E-state index contributed by atoms with van der Waals surface area (Å²) in [6.45, 7) is 0.999. The molecule has 2 aromatic carbocycles. The van der Waals surface area contributed by atoms with E-state index in [1.54, 1.807) is 10.9 Å². The summed E-state index contributed by atoms with van der Waals surface area (Å²) in [5.41, 5.74) is 8.36. The number of hydrogen-bond acceptors (Lipinski definition) is 3. The second kappa shape index (κ2) is 7.85. The van der Waals surface area contributed by atoms with E-state index in [4.69, 9.17) is 17.3 Å². The first-order chi connectivity index (χ1) is 12.1. The van der Waals surface area contributed by atoms with E-state index in [1.165, 1.54) is 5.56 Å². The Morgan fingerprint density at radius 3 is 2.60 bits per heavy atom. The van der Waals surface area contributed by atoms with Crippen LogP contribution in [0.1, 0.15) is 21.5 Å². The minimum Gasteiger partial charge on any atom is -0.382 e. The molecule has 0 spiro atoms. The molecule has 3 aromatic rings. The van der Waals surface area contributed by atoms with Gasteiger partial charge in [-0.15, -0.1) is 0 Å². The van der Waals surface area contributed by atoms with Gasteiger partial charge >= 0.3 is 0 Å². The number of nitrogens with zero attached hydrogens (tertiary/aromatic N) is 2. The molecule has 0 atom stereocenters. The van der Waals surface area contributed by atoms with Gasteiger partial charge in [0.2, 0.25) is 0 Å². The lowest BCUT2D eigenvalue weighted by molar-refractivity contribution is 0.0955. The topological polar surface area (TPSA) is 72.9 Å². The maximum Gasteiger partial charge on any atom is 0.256 e. The summed E-state index contributed by atoms with van der Waals surface area (Å²) in [4.78, 5) is 12.3. The van der Waals surface area contributed by atoms with Crippen LogP contribution in [-0.2, 0) is 13.0 Å². The van der Waals surface area contributed by atoms with Crippen LogP contribution in [0.15, 0.2) is 60.8 Å². The van der Waals surface area contributed by atoms with Crippen molar-refractivity contribution in [3.05, 3.63) is 82.5 Å². The van der Waals surface area contributed by atoms with Crippen molar-refractivity contribution in [2.24, 2.45) is 0 Å². The van der Waals surface area contributed by atoms with Gasteiger partial charge in [-0.25, -0.2) is 0 Å². The number of amides is 1. The van der Waals surface area contributed by atoms with Crippen LogP contribution in [-0.4, -0.2) is 22.2 Å². The standard InChI is InChI=1S/C19H19ClN4O/c20-17-9-5-4-8-15(17)12-24-13-16(18(21)23-24)19(25)22-11-10-14-6-2-1-3-7-14/h1-9,13H,10-12H2,(H2,21,23)(H,22,25). The van der Waals surface area contributed by atoms with Gasteiger partial charge in [-0.3, -0.25) is 9.48 Å². The molecule has 0 bridgehead atoms. The molecule has 0 radical (unpaired) electrons. The van der Waals surface area contributed by atoms with E-state index in [1.807, 2.05) is 54.6 Å². The fourth-order valence-electron chi connectivity index (χ4n) is 2.55. The van der Waals surface area contributed by atoms with Gasteiger partial charge in [-0.1, -0.05) is 60.1 Å². The Morgan fingerprint density at radius 2 is 1.84 bits per heavy atom. The van der Waals surface area contributed by atoms with Crippen molar-refractivity contribution in [3.8, 4) is 0 Å². The maximum atomic E-state index is 12.3. The highest BCUT2D eigenvalue weighted by Crippen LogP contribution is 2.17. The number of nitrogens with two attached hydrogens (primary N) is 1. The molecule has 0 aliphatic rings. The van der Waals surface area contributed by atoms with E-state index in [0.717, 1.165) is 12.0 Å². The summed E-state index contributed by atoms with van der Waals surface area (Å²) in [7, 11) is 0. The Morgan fingerprint density at radius 1 is 1.12 bits per heavy atom. The molecule has 0 saturated heterocycles. The van der Waals surface area contributed by atoms with Gasteiger partial charge in [0.25, 0.3) is 5.91 Å². The highest BCUT2D eigenvalue weighted by atomic mass is 35.5. The van der Waals surface area contributed by atoms with Crippen LogP contribution in [0.4, 0.5) is 5.82 Å². The highest BCUT2D eigenvalue weighted by molar-refractivity contribution is 6.31. The molecule has 3 rings (SSSR count). The molecule has 6 heteroatoms. The molecule has 0 saturated carbocycles. The fourth-order valence-corrected chi connectivity index (χ4v) is 2.75. The van der Waals surface area contributed by atoms with E-state index in [0.29, 0.717) is 23.7 Å². The third-order valence-electron chi connectivity index (χ3n) is 3.87. The summed E-state index contributed by atoms with van der Waals surface area (Å²) in [5, 5.41) is 7.75. The predicted molar refractivity (Wildman–Crippen MR) is 99.7 cm³/mol. The zero-order valence-corrected chi connectivity index (χ0v) is 14.4. The van der Waals surface area contributed by atoms with E-state index < -0.39 is 0 Å². The number of carbonyl (C=O) groups is 1. The summed E-state index contributed by atoms with van der Waals surface area (Å²) in [6.07, 6.45) is 2.41. The molecule has 25 heavy (non-hydrogen) atoms. The van der Waals surface area contributed by atoms with Crippen LogP contribution in [0.5, 0.6) is 0 Å². The van der Waals surface area contributed by atoms with E-state index in [2.05, 4.69) is 10.4 Å². The molecule has 128 valence electrons. The molecule has 1 aromatic heterocycles. The van der Waals surface area contributed by atoms with Gasteiger partial charge in [0.1, 0.15) is 5.56 Å². The van der Waals surface area contributed by atoms with Crippen LogP contribution in [0.3, 0.4) is 0 Å². The Hall–Kier alpha value is -2.79. The minimum absolute atomic E-state index is 0.212. The predicted octanol–water partition coefficient (Wildman–Crippen LogP) is 3.14. The Labute approximate surface area is 151 Å². The Kier molecular flexibility index (Phi) is 5.36. The number of benzene rings is 2. The molecule has 0 aliphatic carbocycles. The largest absolute Gasteiger partial charge is 0.382 e. The smallest absolute Gasteiger partial charge is 0.256 e. The number of halogens is 1. The number of nitrogen functional groups attached to an aromatic ring is 1. The maximum absolute atomic E-state index is 12.3. The Bertz CT molecular complexity index is 861. The number of aromatic nitrogens is 2. The molecule has 5 nitrogen and oxygen atoms in total. The summed E-state index contributed by atoms with van der Waals surface area (Å²) in [6, 6.07) is 17.5. The van der Waals surface area contributed by atoms with Crippen LogP contribution in [0, 0.1) is 0 Å². The molecule has 3 N–H and O–H groups in total.